The molecule has 1 fully saturated rings. The third-order valence-corrected chi connectivity index (χ3v) is 2.88. The Morgan fingerprint density at radius 3 is 2.33 bits per heavy atom. The van der Waals surface area contributed by atoms with Gasteiger partial charge >= 0.3 is 5.97 Å². The van der Waals surface area contributed by atoms with Crippen LogP contribution in [0, 0.1) is 5.92 Å². The van der Waals surface area contributed by atoms with Crippen molar-refractivity contribution in [3.8, 4) is 0 Å². The first-order valence-electron chi connectivity index (χ1n) is 5.18. The second-order valence-corrected chi connectivity index (χ2v) is 4.03. The molecule has 1 heterocycles. The van der Waals surface area contributed by atoms with Crippen LogP contribution in [-0.2, 0) is 9.59 Å². The Morgan fingerprint density at radius 2 is 1.93 bits per heavy atom. The van der Waals surface area contributed by atoms with Crippen LogP contribution in [0.1, 0.15) is 26.2 Å². The Labute approximate surface area is 88.7 Å². The molecule has 0 radical (unpaired) electrons. The number of aliphatic hydroxyl groups is 1. The van der Waals surface area contributed by atoms with Crippen LogP contribution in [-0.4, -0.2) is 46.2 Å². The number of amides is 1. The zero-order valence-corrected chi connectivity index (χ0v) is 8.85. The van der Waals surface area contributed by atoms with Crippen molar-refractivity contribution in [3.63, 3.8) is 0 Å². The molecule has 0 aliphatic carbocycles. The fourth-order valence-electron chi connectivity index (χ4n) is 1.87. The zero-order valence-electron chi connectivity index (χ0n) is 8.85. The van der Waals surface area contributed by atoms with Gasteiger partial charge in [0.25, 0.3) is 0 Å². The third-order valence-electron chi connectivity index (χ3n) is 2.88. The molecule has 1 unspecified atom stereocenters. The van der Waals surface area contributed by atoms with E-state index in [1.165, 1.54) is 0 Å². The van der Waals surface area contributed by atoms with E-state index in [1.54, 1.807) is 11.8 Å². The third kappa shape index (κ3) is 3.51. The lowest BCUT2D eigenvalue weighted by Crippen LogP contribution is -2.41. The fraction of sp³-hybridized carbons (Fsp3) is 0.800. The van der Waals surface area contributed by atoms with Gasteiger partial charge in [-0.2, -0.15) is 0 Å². The Morgan fingerprint density at radius 1 is 1.40 bits per heavy atom. The van der Waals surface area contributed by atoms with Crippen molar-refractivity contribution in [1.82, 2.24) is 4.90 Å². The number of rotatable bonds is 3. The maximum atomic E-state index is 11.4. The fourth-order valence-corrected chi connectivity index (χ4v) is 1.87. The lowest BCUT2D eigenvalue weighted by Gasteiger charge is -2.33. The molecule has 1 aliphatic heterocycles. The molecule has 0 aromatic carbocycles. The molecule has 1 aliphatic rings. The number of aliphatic hydroxyl groups excluding tert-OH is 1. The maximum Gasteiger partial charge on any atom is 0.312 e. The van der Waals surface area contributed by atoms with Crippen LogP contribution in [0.2, 0.25) is 0 Å². The van der Waals surface area contributed by atoms with Crippen LogP contribution in [0.4, 0.5) is 0 Å². The van der Waals surface area contributed by atoms with Crippen LogP contribution in [0.15, 0.2) is 0 Å². The van der Waals surface area contributed by atoms with Crippen molar-refractivity contribution < 1.29 is 19.8 Å². The Bertz CT molecular complexity index is 244. The van der Waals surface area contributed by atoms with Gasteiger partial charge in [-0.15, -0.1) is 0 Å². The van der Waals surface area contributed by atoms with Crippen LogP contribution in [0.3, 0.4) is 0 Å². The minimum atomic E-state index is -1.09. The van der Waals surface area contributed by atoms with Crippen LogP contribution >= 0.6 is 0 Å². The van der Waals surface area contributed by atoms with E-state index >= 15 is 0 Å². The van der Waals surface area contributed by atoms with E-state index in [9.17, 15) is 14.7 Å². The van der Waals surface area contributed by atoms with Crippen molar-refractivity contribution >= 4 is 11.9 Å². The molecule has 5 nitrogen and oxygen atoms in total. The molecule has 0 aromatic rings. The Kier molecular flexibility index (Phi) is 4.08. The number of carboxylic acids is 1. The number of carbonyl (C=O) groups is 2. The van der Waals surface area contributed by atoms with Crippen molar-refractivity contribution in [1.29, 1.82) is 0 Å². The van der Waals surface area contributed by atoms with Crippen molar-refractivity contribution in [2.24, 2.45) is 5.92 Å². The summed E-state index contributed by atoms with van der Waals surface area (Å²) in [6, 6.07) is 0. The van der Waals surface area contributed by atoms with Gasteiger partial charge in [-0.3, -0.25) is 9.59 Å². The van der Waals surface area contributed by atoms with E-state index in [2.05, 4.69) is 0 Å². The molecule has 0 bridgehead atoms. The number of carboxylic acid groups (broad SMARTS) is 1. The van der Waals surface area contributed by atoms with Crippen molar-refractivity contribution in [2.75, 3.05) is 13.1 Å². The molecule has 2 N–H and O–H groups in total. The minimum absolute atomic E-state index is 0.235. The van der Waals surface area contributed by atoms with Crippen molar-refractivity contribution in [3.05, 3.63) is 0 Å². The van der Waals surface area contributed by atoms with Crippen LogP contribution in [0.5, 0.6) is 0 Å². The van der Waals surface area contributed by atoms with Gasteiger partial charge in [0.2, 0.25) is 5.91 Å². The summed E-state index contributed by atoms with van der Waals surface area (Å²) in [5.74, 6) is -1.18. The van der Waals surface area contributed by atoms with Crippen molar-refractivity contribution in [2.45, 2.75) is 32.3 Å². The first kappa shape index (κ1) is 12.0. The zero-order chi connectivity index (χ0) is 11.4. The normalized spacial score (nSPS) is 20.0. The average Bonchev–Trinajstić information content (AvgIpc) is 2.17. The Hall–Kier alpha value is -1.10. The summed E-state index contributed by atoms with van der Waals surface area (Å²) in [5, 5.41) is 17.8. The number of piperidine rings is 1. The number of aliphatic carboxylic acids is 1. The van der Waals surface area contributed by atoms with Crippen LogP contribution < -0.4 is 0 Å². The van der Waals surface area contributed by atoms with E-state index in [-0.39, 0.29) is 17.9 Å². The molecule has 86 valence electrons. The largest absolute Gasteiger partial charge is 0.481 e. The smallest absolute Gasteiger partial charge is 0.312 e. The molecular formula is C10H17NO4. The molecule has 5 heteroatoms. The molecule has 15 heavy (non-hydrogen) atoms. The molecule has 0 aromatic heterocycles. The second-order valence-electron chi connectivity index (χ2n) is 4.03. The van der Waals surface area contributed by atoms with Gasteiger partial charge in [0.15, 0.2) is 0 Å². The topological polar surface area (TPSA) is 77.8 Å². The first-order chi connectivity index (χ1) is 7.00. The standard InChI is InChI=1S/C10H17NO4/c1-7(12)8-2-4-11(5-3-8)9(13)6-10(14)15/h7-8,12H,2-6H2,1H3,(H,14,15). The number of nitrogens with zero attached hydrogens (tertiary/aromatic N) is 1. The predicted molar refractivity (Wildman–Crippen MR) is 53.2 cm³/mol. The summed E-state index contributed by atoms with van der Waals surface area (Å²) in [4.78, 5) is 23.3. The monoisotopic (exact) mass is 215 g/mol. The predicted octanol–water partition coefficient (Wildman–Crippen LogP) is 0.0805. The summed E-state index contributed by atoms with van der Waals surface area (Å²) < 4.78 is 0. The first-order valence-corrected chi connectivity index (χ1v) is 5.18. The summed E-state index contributed by atoms with van der Waals surface area (Å²) in [5.41, 5.74) is 0. The molecule has 1 atom stereocenters. The number of hydrogen-bond donors (Lipinski definition) is 2. The van der Waals surface area contributed by atoms with Gasteiger partial charge in [0, 0.05) is 13.1 Å². The number of carbonyl (C=O) groups excluding carboxylic acids is 1. The van der Waals surface area contributed by atoms with E-state index in [1.807, 2.05) is 0 Å². The van der Waals surface area contributed by atoms with Gasteiger partial charge < -0.3 is 15.1 Å². The number of likely N-dealkylation sites (tertiary alicyclic amines) is 1. The summed E-state index contributed by atoms with van der Waals surface area (Å²) in [6.45, 7) is 2.86. The highest BCUT2D eigenvalue weighted by Crippen LogP contribution is 2.20. The summed E-state index contributed by atoms with van der Waals surface area (Å²) in [6.07, 6.45) is 0.729. The van der Waals surface area contributed by atoms with Gasteiger partial charge in [-0.25, -0.2) is 0 Å². The average molecular weight is 215 g/mol. The molecule has 0 saturated carbocycles. The lowest BCUT2D eigenvalue weighted by molar-refractivity contribution is -0.145. The summed E-state index contributed by atoms with van der Waals surface area (Å²) >= 11 is 0. The lowest BCUT2D eigenvalue weighted by atomic mass is 9.92. The van der Waals surface area contributed by atoms with E-state index in [0.717, 1.165) is 12.8 Å². The highest BCUT2D eigenvalue weighted by Gasteiger charge is 2.25. The van der Waals surface area contributed by atoms with Gasteiger partial charge in [-0.1, -0.05) is 0 Å². The highest BCUT2D eigenvalue weighted by molar-refractivity contribution is 5.93. The number of hydrogen-bond acceptors (Lipinski definition) is 3. The molecule has 1 rings (SSSR count). The second kappa shape index (κ2) is 5.11. The van der Waals surface area contributed by atoms with E-state index < -0.39 is 12.4 Å². The maximum absolute atomic E-state index is 11.4. The van der Waals surface area contributed by atoms with Gasteiger partial charge in [0.05, 0.1) is 6.10 Å². The minimum Gasteiger partial charge on any atom is -0.481 e. The Balaban J connectivity index is 2.37. The van der Waals surface area contributed by atoms with E-state index in [4.69, 9.17) is 5.11 Å². The van der Waals surface area contributed by atoms with E-state index in [0.29, 0.717) is 13.1 Å². The molecule has 1 saturated heterocycles. The highest BCUT2D eigenvalue weighted by atomic mass is 16.4. The quantitative estimate of drug-likeness (QED) is 0.653. The molecular weight excluding hydrogens is 198 g/mol. The molecule has 0 spiro atoms. The van der Waals surface area contributed by atoms with Gasteiger partial charge in [-0.05, 0) is 25.7 Å². The molecule has 1 amide bonds. The van der Waals surface area contributed by atoms with Gasteiger partial charge in [0.1, 0.15) is 6.42 Å². The van der Waals surface area contributed by atoms with Crippen LogP contribution in [0.25, 0.3) is 0 Å². The SMILES string of the molecule is CC(O)C1CCN(C(=O)CC(=O)O)CC1. The summed E-state index contributed by atoms with van der Waals surface area (Å²) in [7, 11) is 0.